The molecular weight excluding hydrogens is 372 g/mol. The number of hydrogen-bond donors (Lipinski definition) is 0. The number of aliphatic imine (C=N–C) groups is 1. The lowest BCUT2D eigenvalue weighted by Crippen LogP contribution is -2.32. The van der Waals surface area contributed by atoms with E-state index in [9.17, 15) is 4.79 Å². The third-order valence-corrected chi connectivity index (χ3v) is 4.65. The predicted octanol–water partition coefficient (Wildman–Crippen LogP) is 5.18. The van der Waals surface area contributed by atoms with E-state index in [-0.39, 0.29) is 5.91 Å². The van der Waals surface area contributed by atoms with Gasteiger partial charge in [-0.1, -0.05) is 41.9 Å². The fourth-order valence-electron chi connectivity index (χ4n) is 2.98. The van der Waals surface area contributed by atoms with E-state index >= 15 is 0 Å². The Morgan fingerprint density at radius 2 is 1.61 bits per heavy atom. The van der Waals surface area contributed by atoms with Crippen molar-refractivity contribution in [1.82, 2.24) is 0 Å². The molecule has 1 aliphatic heterocycles. The number of carbonyl (C=O) groups is 1. The summed E-state index contributed by atoms with van der Waals surface area (Å²) in [6.45, 7) is 0. The second kappa shape index (κ2) is 7.71. The van der Waals surface area contributed by atoms with Crippen LogP contribution in [0.2, 0.25) is 5.02 Å². The van der Waals surface area contributed by atoms with Crippen LogP contribution in [0.5, 0.6) is 5.75 Å². The molecule has 3 aromatic carbocycles. The van der Waals surface area contributed by atoms with Gasteiger partial charge in [0.15, 0.2) is 0 Å². The molecule has 0 fully saturated rings. The van der Waals surface area contributed by atoms with Crippen molar-refractivity contribution in [3.8, 4) is 5.75 Å². The minimum Gasteiger partial charge on any atom is -0.497 e. The molecular formula is C23H17ClN2O2. The topological polar surface area (TPSA) is 41.9 Å². The van der Waals surface area contributed by atoms with Crippen LogP contribution in [0.3, 0.4) is 0 Å². The van der Waals surface area contributed by atoms with Gasteiger partial charge in [0.05, 0.1) is 12.8 Å². The van der Waals surface area contributed by atoms with Crippen LogP contribution < -0.4 is 9.64 Å². The Hall–Kier alpha value is -3.37. The van der Waals surface area contributed by atoms with E-state index in [0.717, 1.165) is 22.6 Å². The lowest BCUT2D eigenvalue weighted by molar-refractivity contribution is -0.113. The number of nitrogens with zero attached hydrogens (tertiary/aromatic N) is 2. The molecule has 4 rings (SSSR count). The number of benzene rings is 3. The normalized spacial score (nSPS) is 15.1. The summed E-state index contributed by atoms with van der Waals surface area (Å²) in [4.78, 5) is 19.4. The summed E-state index contributed by atoms with van der Waals surface area (Å²) in [6, 6.07) is 24.3. The number of methoxy groups -OCH3 is 1. The van der Waals surface area contributed by atoms with Crippen LogP contribution in [0.4, 0.5) is 5.69 Å². The van der Waals surface area contributed by atoms with Gasteiger partial charge in [-0.25, -0.2) is 4.99 Å². The first-order chi connectivity index (χ1) is 13.7. The fourth-order valence-corrected chi connectivity index (χ4v) is 3.11. The number of anilines is 1. The van der Waals surface area contributed by atoms with Crippen LogP contribution in [-0.4, -0.2) is 18.9 Å². The Morgan fingerprint density at radius 1 is 0.929 bits per heavy atom. The number of amides is 1. The molecule has 0 bridgehead atoms. The fraction of sp³-hybridized carbons (Fsp3) is 0.0435. The van der Waals surface area contributed by atoms with Crippen molar-refractivity contribution in [3.05, 3.63) is 101 Å². The van der Waals surface area contributed by atoms with Crippen LogP contribution in [-0.2, 0) is 4.79 Å². The maximum absolute atomic E-state index is 13.2. The molecule has 0 aliphatic carbocycles. The van der Waals surface area contributed by atoms with Gasteiger partial charge < -0.3 is 4.74 Å². The summed E-state index contributed by atoms with van der Waals surface area (Å²) in [7, 11) is 1.62. The molecule has 1 amide bonds. The standard InChI is InChI=1S/C23H17ClN2O2/c1-28-20-13-7-16(8-14-20)15-21-23(27)26(19-5-3-2-4-6-19)22(25-21)17-9-11-18(24)12-10-17/h2-15H,1H3/b21-15+. The highest BCUT2D eigenvalue weighted by Gasteiger charge is 2.32. The summed E-state index contributed by atoms with van der Waals surface area (Å²) in [6.07, 6.45) is 1.78. The van der Waals surface area contributed by atoms with Crippen molar-refractivity contribution in [2.45, 2.75) is 0 Å². The summed E-state index contributed by atoms with van der Waals surface area (Å²) in [5.41, 5.74) is 2.83. The van der Waals surface area contributed by atoms with E-state index in [4.69, 9.17) is 16.3 Å². The lowest BCUT2D eigenvalue weighted by Gasteiger charge is -2.18. The minimum atomic E-state index is -0.174. The molecule has 3 aromatic rings. The average molecular weight is 389 g/mol. The monoisotopic (exact) mass is 388 g/mol. The largest absolute Gasteiger partial charge is 0.497 e. The Morgan fingerprint density at radius 3 is 2.25 bits per heavy atom. The zero-order chi connectivity index (χ0) is 19.5. The van der Waals surface area contributed by atoms with Crippen LogP contribution in [0.15, 0.2) is 89.6 Å². The molecule has 138 valence electrons. The van der Waals surface area contributed by atoms with E-state index in [1.54, 1.807) is 30.2 Å². The van der Waals surface area contributed by atoms with Gasteiger partial charge in [-0.05, 0) is 60.2 Å². The number of rotatable bonds is 4. The van der Waals surface area contributed by atoms with Crippen molar-refractivity contribution >= 4 is 35.1 Å². The third kappa shape index (κ3) is 3.55. The molecule has 0 spiro atoms. The predicted molar refractivity (Wildman–Crippen MR) is 113 cm³/mol. The van der Waals surface area contributed by atoms with Crippen molar-refractivity contribution in [3.63, 3.8) is 0 Å². The number of halogens is 1. The summed E-state index contributed by atoms with van der Waals surface area (Å²) >= 11 is 6.02. The molecule has 4 nitrogen and oxygen atoms in total. The second-order valence-electron chi connectivity index (χ2n) is 6.22. The smallest absolute Gasteiger partial charge is 0.282 e. The van der Waals surface area contributed by atoms with E-state index in [1.807, 2.05) is 66.7 Å². The number of carbonyl (C=O) groups excluding carboxylic acids is 1. The summed E-state index contributed by atoms with van der Waals surface area (Å²) in [5.74, 6) is 1.16. The maximum atomic E-state index is 13.2. The SMILES string of the molecule is COc1ccc(/C=C2/N=C(c3ccc(Cl)cc3)N(c3ccccc3)C2=O)cc1. The van der Waals surface area contributed by atoms with Gasteiger partial charge in [0.2, 0.25) is 0 Å². The molecule has 0 saturated carbocycles. The van der Waals surface area contributed by atoms with Crippen molar-refractivity contribution in [2.75, 3.05) is 12.0 Å². The lowest BCUT2D eigenvalue weighted by atomic mass is 10.1. The number of amidine groups is 1. The molecule has 0 atom stereocenters. The first-order valence-corrected chi connectivity index (χ1v) is 9.13. The highest BCUT2D eigenvalue weighted by atomic mass is 35.5. The number of para-hydroxylation sites is 1. The first-order valence-electron chi connectivity index (χ1n) is 8.75. The van der Waals surface area contributed by atoms with Gasteiger partial charge in [0.1, 0.15) is 17.3 Å². The maximum Gasteiger partial charge on any atom is 0.282 e. The third-order valence-electron chi connectivity index (χ3n) is 4.40. The molecule has 1 aliphatic rings. The van der Waals surface area contributed by atoms with Crippen LogP contribution in [0.25, 0.3) is 6.08 Å². The molecule has 0 aromatic heterocycles. The van der Waals surface area contributed by atoms with Crippen molar-refractivity contribution in [2.24, 2.45) is 4.99 Å². The van der Waals surface area contributed by atoms with Gasteiger partial charge in [0.25, 0.3) is 5.91 Å². The molecule has 28 heavy (non-hydrogen) atoms. The van der Waals surface area contributed by atoms with Crippen LogP contribution in [0.1, 0.15) is 11.1 Å². The van der Waals surface area contributed by atoms with Gasteiger partial charge in [-0.2, -0.15) is 0 Å². The zero-order valence-electron chi connectivity index (χ0n) is 15.2. The van der Waals surface area contributed by atoms with Gasteiger partial charge >= 0.3 is 0 Å². The Balaban J connectivity index is 1.78. The highest BCUT2D eigenvalue weighted by Crippen LogP contribution is 2.28. The van der Waals surface area contributed by atoms with Gasteiger partial charge in [0, 0.05) is 10.6 Å². The summed E-state index contributed by atoms with van der Waals surface area (Å²) in [5, 5.41) is 0.633. The van der Waals surface area contributed by atoms with Crippen molar-refractivity contribution < 1.29 is 9.53 Å². The minimum absolute atomic E-state index is 0.174. The van der Waals surface area contributed by atoms with E-state index in [2.05, 4.69) is 4.99 Å². The molecule has 0 saturated heterocycles. The average Bonchev–Trinajstić information content (AvgIpc) is 3.06. The van der Waals surface area contributed by atoms with E-state index in [0.29, 0.717) is 16.6 Å². The molecule has 1 heterocycles. The number of ether oxygens (including phenoxy) is 1. The molecule has 5 heteroatoms. The van der Waals surface area contributed by atoms with Crippen molar-refractivity contribution in [1.29, 1.82) is 0 Å². The first kappa shape index (κ1) is 18.0. The van der Waals surface area contributed by atoms with E-state index < -0.39 is 0 Å². The second-order valence-corrected chi connectivity index (χ2v) is 6.66. The quantitative estimate of drug-likeness (QED) is 0.577. The van der Waals surface area contributed by atoms with E-state index in [1.165, 1.54) is 0 Å². The van der Waals surface area contributed by atoms with Crippen LogP contribution in [0, 0.1) is 0 Å². The van der Waals surface area contributed by atoms with Crippen LogP contribution >= 0.6 is 11.6 Å². The Kier molecular flexibility index (Phi) is 4.96. The molecule has 0 radical (unpaired) electrons. The zero-order valence-corrected chi connectivity index (χ0v) is 15.9. The summed E-state index contributed by atoms with van der Waals surface area (Å²) < 4.78 is 5.19. The van der Waals surface area contributed by atoms with Gasteiger partial charge in [-0.15, -0.1) is 0 Å². The molecule has 0 unspecified atom stereocenters. The Bertz CT molecular complexity index is 1060. The molecule has 0 N–H and O–H groups in total. The highest BCUT2D eigenvalue weighted by molar-refractivity contribution is 6.34. The van der Waals surface area contributed by atoms with Gasteiger partial charge in [-0.3, -0.25) is 9.69 Å². The number of hydrogen-bond acceptors (Lipinski definition) is 3. The Labute approximate surface area is 168 Å².